The van der Waals surface area contributed by atoms with Gasteiger partial charge in [-0.15, -0.1) is 0 Å². The molecule has 0 spiro atoms. The predicted octanol–water partition coefficient (Wildman–Crippen LogP) is 8.43. The van der Waals surface area contributed by atoms with Crippen LogP contribution < -0.4 is 5.73 Å². The standard InChI is InChI=1S/C38H54FNO3/c1-22-21-43-32(22)25-12-17-38(40)19-18-36(5)27(31(25)38)10-11-30-35(4)15-13-26(34(2,3)29(35)14-16-37(30,36)6)23-8-9-24(28(39)20-23)33(41)42-7/h8-9,13,20,22,25,27,29-32H,10-12,14-19,21,40H2,1-7H3/t22?,25-,27-,29+,30-,31-,32?,35+,36-,37-,38+/m1/s1. The summed E-state index contributed by atoms with van der Waals surface area (Å²) < 4.78 is 26.1. The number of rotatable bonds is 3. The van der Waals surface area contributed by atoms with Gasteiger partial charge in [0.05, 0.1) is 25.4 Å². The van der Waals surface area contributed by atoms with E-state index in [1.54, 1.807) is 12.1 Å². The van der Waals surface area contributed by atoms with E-state index in [1.807, 2.05) is 6.07 Å². The Morgan fingerprint density at radius 2 is 1.74 bits per heavy atom. The summed E-state index contributed by atoms with van der Waals surface area (Å²) in [5, 5.41) is 0. The number of hydrogen-bond donors (Lipinski definition) is 1. The van der Waals surface area contributed by atoms with Crippen molar-refractivity contribution in [2.75, 3.05) is 13.7 Å². The van der Waals surface area contributed by atoms with Crippen molar-refractivity contribution in [2.24, 2.45) is 62.9 Å². The van der Waals surface area contributed by atoms with E-state index in [1.165, 1.54) is 57.6 Å². The van der Waals surface area contributed by atoms with Gasteiger partial charge in [-0.25, -0.2) is 9.18 Å². The minimum atomic E-state index is -0.627. The highest BCUT2D eigenvalue weighted by atomic mass is 19.1. The lowest BCUT2D eigenvalue weighted by Crippen LogP contribution is -2.68. The third-order valence-corrected chi connectivity index (χ3v) is 15.3. The number of benzene rings is 1. The molecule has 4 nitrogen and oxygen atoms in total. The zero-order valence-corrected chi connectivity index (χ0v) is 27.6. The molecule has 7 rings (SSSR count). The molecular formula is C38H54FNO3. The Bertz CT molecular complexity index is 1350. The van der Waals surface area contributed by atoms with Gasteiger partial charge in [-0.3, -0.25) is 0 Å². The minimum Gasteiger partial charge on any atom is -0.465 e. The fourth-order valence-electron chi connectivity index (χ4n) is 13.1. The highest BCUT2D eigenvalue weighted by Gasteiger charge is 2.70. The van der Waals surface area contributed by atoms with Gasteiger partial charge in [0, 0.05) is 11.5 Å². The van der Waals surface area contributed by atoms with E-state index in [2.05, 4.69) is 47.6 Å². The molecule has 236 valence electrons. The second kappa shape index (κ2) is 9.64. The van der Waals surface area contributed by atoms with Crippen LogP contribution in [-0.2, 0) is 9.47 Å². The number of methoxy groups -OCH3 is 1. The van der Waals surface area contributed by atoms with Crippen molar-refractivity contribution in [3.63, 3.8) is 0 Å². The molecule has 43 heavy (non-hydrogen) atoms. The number of hydrogen-bond acceptors (Lipinski definition) is 4. The SMILES string of the molecule is COC(=O)c1ccc(C2=CC[C@]3(C)[C@H]4CC[C@@H]5[C@H]6[C@H](C7OCC7C)CC[C@]6(N)CC[C@@]5(C)[C@]4(C)CC[C@H]3C2(C)C)cc1F. The maximum Gasteiger partial charge on any atom is 0.340 e. The first-order valence-electron chi connectivity index (χ1n) is 17.2. The predicted molar refractivity (Wildman–Crippen MR) is 169 cm³/mol. The number of esters is 1. The maximum atomic E-state index is 15.1. The van der Waals surface area contributed by atoms with E-state index in [0.717, 1.165) is 25.0 Å². The molecule has 1 heterocycles. The molecule has 0 bridgehead atoms. The largest absolute Gasteiger partial charge is 0.465 e. The molecule has 5 heteroatoms. The molecule has 2 N–H and O–H groups in total. The maximum absolute atomic E-state index is 15.1. The molecule has 11 atom stereocenters. The van der Waals surface area contributed by atoms with Crippen LogP contribution in [0.15, 0.2) is 24.3 Å². The number of carbonyl (C=O) groups is 1. The highest BCUT2D eigenvalue weighted by molar-refractivity contribution is 5.90. The van der Waals surface area contributed by atoms with Crippen molar-refractivity contribution in [1.82, 2.24) is 0 Å². The summed E-state index contributed by atoms with van der Waals surface area (Å²) in [4.78, 5) is 12.0. The van der Waals surface area contributed by atoms with Crippen LogP contribution in [-0.4, -0.2) is 31.3 Å². The lowest BCUT2D eigenvalue weighted by molar-refractivity contribution is -0.229. The fourth-order valence-corrected chi connectivity index (χ4v) is 13.1. The summed E-state index contributed by atoms with van der Waals surface area (Å²) in [6.07, 6.45) is 13.7. The van der Waals surface area contributed by atoms with Gasteiger partial charge in [-0.2, -0.15) is 0 Å². The smallest absolute Gasteiger partial charge is 0.340 e. The van der Waals surface area contributed by atoms with Crippen molar-refractivity contribution in [2.45, 2.75) is 111 Å². The first kappa shape index (κ1) is 30.0. The van der Waals surface area contributed by atoms with Gasteiger partial charge in [0.1, 0.15) is 5.82 Å². The van der Waals surface area contributed by atoms with Gasteiger partial charge in [0.2, 0.25) is 0 Å². The Hall–Kier alpha value is -1.72. The molecule has 0 amide bonds. The van der Waals surface area contributed by atoms with Crippen LogP contribution in [0.1, 0.15) is 115 Å². The van der Waals surface area contributed by atoms with E-state index in [4.69, 9.17) is 15.2 Å². The number of nitrogens with two attached hydrogens (primary N) is 1. The van der Waals surface area contributed by atoms with Gasteiger partial charge in [0.15, 0.2) is 0 Å². The normalized spacial score (nSPS) is 48.1. The zero-order valence-electron chi connectivity index (χ0n) is 27.6. The van der Waals surface area contributed by atoms with Gasteiger partial charge < -0.3 is 15.2 Å². The second-order valence-corrected chi connectivity index (χ2v) is 17.1. The molecule has 4 saturated carbocycles. The fraction of sp³-hybridized carbons (Fsp3) is 0.763. The Balaban J connectivity index is 1.22. The van der Waals surface area contributed by atoms with Crippen LogP contribution in [0.4, 0.5) is 4.39 Å². The number of carbonyl (C=O) groups excluding carboxylic acids is 1. The molecule has 1 aromatic carbocycles. The average Bonchev–Trinajstić information content (AvgIpc) is 3.28. The molecule has 1 saturated heterocycles. The molecule has 0 aromatic heterocycles. The Morgan fingerprint density at radius 3 is 2.40 bits per heavy atom. The second-order valence-electron chi connectivity index (χ2n) is 17.1. The lowest BCUT2D eigenvalue weighted by Gasteiger charge is -2.72. The van der Waals surface area contributed by atoms with Crippen molar-refractivity contribution < 1.29 is 18.7 Å². The van der Waals surface area contributed by atoms with Crippen molar-refractivity contribution in [3.05, 3.63) is 41.2 Å². The zero-order chi connectivity index (χ0) is 30.7. The number of allylic oxidation sites excluding steroid dienone is 2. The molecular weight excluding hydrogens is 537 g/mol. The van der Waals surface area contributed by atoms with Crippen LogP contribution in [0.2, 0.25) is 0 Å². The van der Waals surface area contributed by atoms with E-state index in [0.29, 0.717) is 41.6 Å². The van der Waals surface area contributed by atoms with Crippen LogP contribution >= 0.6 is 0 Å². The van der Waals surface area contributed by atoms with E-state index >= 15 is 4.39 Å². The minimum absolute atomic E-state index is 0.000510. The molecule has 5 fully saturated rings. The van der Waals surface area contributed by atoms with Crippen LogP contribution in [0, 0.1) is 63.0 Å². The van der Waals surface area contributed by atoms with Gasteiger partial charge in [0.25, 0.3) is 0 Å². The van der Waals surface area contributed by atoms with Crippen molar-refractivity contribution >= 4 is 11.5 Å². The monoisotopic (exact) mass is 591 g/mol. The first-order valence-corrected chi connectivity index (χ1v) is 17.2. The molecule has 1 aliphatic heterocycles. The topological polar surface area (TPSA) is 61.5 Å². The van der Waals surface area contributed by atoms with Gasteiger partial charge >= 0.3 is 5.97 Å². The Kier molecular flexibility index (Phi) is 6.72. The summed E-state index contributed by atoms with van der Waals surface area (Å²) in [7, 11) is 1.29. The third-order valence-electron chi connectivity index (χ3n) is 15.3. The summed E-state index contributed by atoms with van der Waals surface area (Å²) in [5.41, 5.74) is 10.1. The van der Waals surface area contributed by atoms with Crippen LogP contribution in [0.5, 0.6) is 0 Å². The van der Waals surface area contributed by atoms with Crippen LogP contribution in [0.3, 0.4) is 0 Å². The summed E-state index contributed by atoms with van der Waals surface area (Å²) >= 11 is 0. The van der Waals surface area contributed by atoms with Gasteiger partial charge in [-0.1, -0.05) is 53.7 Å². The van der Waals surface area contributed by atoms with E-state index in [-0.39, 0.29) is 32.8 Å². The average molecular weight is 592 g/mol. The van der Waals surface area contributed by atoms with Gasteiger partial charge in [-0.05, 0) is 132 Å². The molecule has 0 radical (unpaired) electrons. The van der Waals surface area contributed by atoms with E-state index in [9.17, 15) is 4.79 Å². The highest BCUT2D eigenvalue weighted by Crippen LogP contribution is 2.76. The molecule has 2 unspecified atom stereocenters. The van der Waals surface area contributed by atoms with Crippen molar-refractivity contribution in [3.8, 4) is 0 Å². The Labute approximate surface area is 258 Å². The summed E-state index contributed by atoms with van der Waals surface area (Å²) in [6.45, 7) is 16.0. The lowest BCUT2D eigenvalue weighted by atomic mass is 9.33. The van der Waals surface area contributed by atoms with E-state index < -0.39 is 11.8 Å². The first-order chi connectivity index (χ1) is 20.2. The molecule has 1 aromatic rings. The van der Waals surface area contributed by atoms with Crippen LogP contribution in [0.25, 0.3) is 5.57 Å². The molecule has 5 aliphatic carbocycles. The third kappa shape index (κ3) is 3.88. The summed E-state index contributed by atoms with van der Waals surface area (Å²) in [6, 6.07) is 5.05. The summed E-state index contributed by atoms with van der Waals surface area (Å²) in [5.74, 6) is 2.58. The Morgan fingerprint density at radius 1 is 0.977 bits per heavy atom. The van der Waals surface area contributed by atoms with Crippen molar-refractivity contribution in [1.29, 1.82) is 0 Å². The number of fused-ring (bicyclic) bond motifs is 7. The molecule has 6 aliphatic rings. The quantitative estimate of drug-likeness (QED) is 0.359. The number of halogens is 1. The number of ether oxygens (including phenoxy) is 2.